The summed E-state index contributed by atoms with van der Waals surface area (Å²) in [5, 5.41) is 6.44. The minimum atomic E-state index is -0.186. The van der Waals surface area contributed by atoms with Crippen molar-refractivity contribution in [2.24, 2.45) is 5.73 Å². The first-order valence-corrected chi connectivity index (χ1v) is 7.72. The molecule has 2 N–H and O–H groups in total. The first-order chi connectivity index (χ1) is 8.67. The Morgan fingerprint density at radius 2 is 2.39 bits per heavy atom. The quantitative estimate of drug-likeness (QED) is 0.816. The predicted molar refractivity (Wildman–Crippen MR) is 82.1 cm³/mol. The van der Waals surface area contributed by atoms with Gasteiger partial charge in [-0.3, -0.25) is 4.68 Å². The Bertz CT molecular complexity index is 523. The summed E-state index contributed by atoms with van der Waals surface area (Å²) in [6, 6.07) is 1.92. The Kier molecular flexibility index (Phi) is 4.63. The highest BCUT2D eigenvalue weighted by molar-refractivity contribution is 14.1. The standard InChI is InChI=1S/C12H16IN3OS/c1-3-4-16-12(9(17-2)6-15-16)11(14)8-5-10(13)18-7-8/h5-7,11H,3-4,14H2,1-2H3. The van der Waals surface area contributed by atoms with Gasteiger partial charge in [0.15, 0.2) is 5.75 Å². The first kappa shape index (κ1) is 13.8. The van der Waals surface area contributed by atoms with Crippen LogP contribution in [0, 0.1) is 2.88 Å². The van der Waals surface area contributed by atoms with E-state index in [-0.39, 0.29) is 6.04 Å². The van der Waals surface area contributed by atoms with Crippen molar-refractivity contribution in [2.45, 2.75) is 25.9 Å². The average Bonchev–Trinajstić information content (AvgIpc) is 2.95. The normalized spacial score (nSPS) is 12.7. The molecule has 2 aromatic rings. The van der Waals surface area contributed by atoms with Crippen LogP contribution >= 0.6 is 33.9 Å². The lowest BCUT2D eigenvalue weighted by Gasteiger charge is -2.14. The molecular formula is C12H16IN3OS. The van der Waals surface area contributed by atoms with E-state index in [1.54, 1.807) is 24.6 Å². The van der Waals surface area contributed by atoms with Crippen molar-refractivity contribution in [1.29, 1.82) is 0 Å². The molecule has 0 saturated heterocycles. The zero-order valence-corrected chi connectivity index (χ0v) is 13.4. The van der Waals surface area contributed by atoms with Gasteiger partial charge >= 0.3 is 0 Å². The molecule has 0 aliphatic heterocycles. The molecule has 2 aromatic heterocycles. The third-order valence-corrected chi connectivity index (χ3v) is 4.55. The van der Waals surface area contributed by atoms with Crippen LogP contribution in [0.2, 0.25) is 0 Å². The van der Waals surface area contributed by atoms with Crippen LogP contribution in [0.5, 0.6) is 5.75 Å². The van der Waals surface area contributed by atoms with Gasteiger partial charge in [-0.1, -0.05) is 6.92 Å². The van der Waals surface area contributed by atoms with Gasteiger partial charge in [0.05, 0.1) is 22.2 Å². The van der Waals surface area contributed by atoms with Crippen LogP contribution in [0.25, 0.3) is 0 Å². The molecule has 2 rings (SSSR count). The number of aromatic nitrogens is 2. The predicted octanol–water partition coefficient (Wildman–Crippen LogP) is 3.02. The van der Waals surface area contributed by atoms with E-state index >= 15 is 0 Å². The molecule has 98 valence electrons. The number of nitrogens with zero attached hydrogens (tertiary/aromatic N) is 2. The Balaban J connectivity index is 2.38. The minimum absolute atomic E-state index is 0.186. The second-order valence-corrected chi connectivity index (χ2v) is 6.79. The highest BCUT2D eigenvalue weighted by Gasteiger charge is 2.20. The number of thiophene rings is 1. The number of halogens is 1. The maximum atomic E-state index is 6.34. The summed E-state index contributed by atoms with van der Waals surface area (Å²) in [7, 11) is 1.65. The molecule has 0 radical (unpaired) electrons. The van der Waals surface area contributed by atoms with Crippen LogP contribution in [0.4, 0.5) is 0 Å². The lowest BCUT2D eigenvalue weighted by atomic mass is 10.1. The number of hydrogen-bond donors (Lipinski definition) is 1. The molecule has 1 atom stereocenters. The molecule has 0 aliphatic rings. The summed E-state index contributed by atoms with van der Waals surface area (Å²) in [6.07, 6.45) is 2.76. The third-order valence-electron chi connectivity index (χ3n) is 2.74. The van der Waals surface area contributed by atoms with Crippen LogP contribution < -0.4 is 10.5 Å². The topological polar surface area (TPSA) is 53.1 Å². The smallest absolute Gasteiger partial charge is 0.161 e. The van der Waals surface area contributed by atoms with Crippen LogP contribution in [-0.2, 0) is 6.54 Å². The number of hydrogen-bond acceptors (Lipinski definition) is 4. The Hall–Kier alpha value is -0.600. The summed E-state index contributed by atoms with van der Waals surface area (Å²) >= 11 is 4.00. The summed E-state index contributed by atoms with van der Waals surface area (Å²) in [5.41, 5.74) is 8.41. The van der Waals surface area contributed by atoms with Crippen LogP contribution in [0.15, 0.2) is 17.6 Å². The molecular weight excluding hydrogens is 361 g/mol. The first-order valence-electron chi connectivity index (χ1n) is 5.76. The molecule has 0 saturated carbocycles. The molecule has 1 unspecified atom stereocenters. The molecule has 4 nitrogen and oxygen atoms in total. The maximum absolute atomic E-state index is 6.34. The summed E-state index contributed by atoms with van der Waals surface area (Å²) in [4.78, 5) is 0. The van der Waals surface area contributed by atoms with Crippen molar-refractivity contribution in [2.75, 3.05) is 7.11 Å². The Labute approximate surface area is 124 Å². The molecule has 0 spiro atoms. The largest absolute Gasteiger partial charge is 0.493 e. The van der Waals surface area contributed by atoms with Crippen molar-refractivity contribution < 1.29 is 4.74 Å². The van der Waals surface area contributed by atoms with Gasteiger partial charge < -0.3 is 10.5 Å². The van der Waals surface area contributed by atoms with E-state index < -0.39 is 0 Å². The monoisotopic (exact) mass is 377 g/mol. The fraction of sp³-hybridized carbons (Fsp3) is 0.417. The van der Waals surface area contributed by atoms with Crippen LogP contribution in [-0.4, -0.2) is 16.9 Å². The van der Waals surface area contributed by atoms with E-state index in [9.17, 15) is 0 Å². The molecule has 0 bridgehead atoms. The van der Waals surface area contributed by atoms with Crippen molar-refractivity contribution in [3.8, 4) is 5.75 Å². The fourth-order valence-electron chi connectivity index (χ4n) is 1.88. The second-order valence-electron chi connectivity index (χ2n) is 3.98. The molecule has 0 amide bonds. The van der Waals surface area contributed by atoms with Gasteiger partial charge in [-0.15, -0.1) is 11.3 Å². The molecule has 18 heavy (non-hydrogen) atoms. The SMILES string of the molecule is CCCn1ncc(OC)c1C(N)c1csc(I)c1. The Morgan fingerprint density at radius 3 is 2.94 bits per heavy atom. The molecule has 0 aromatic carbocycles. The second kappa shape index (κ2) is 6.03. The van der Waals surface area contributed by atoms with Crippen LogP contribution in [0.3, 0.4) is 0 Å². The zero-order valence-electron chi connectivity index (χ0n) is 10.4. The van der Waals surface area contributed by atoms with Crippen LogP contribution in [0.1, 0.15) is 30.6 Å². The number of nitrogens with two attached hydrogens (primary N) is 1. The maximum Gasteiger partial charge on any atom is 0.161 e. The molecule has 0 fully saturated rings. The summed E-state index contributed by atoms with van der Waals surface area (Å²) in [6.45, 7) is 2.98. The average molecular weight is 377 g/mol. The van der Waals surface area contributed by atoms with Gasteiger partial charge in [-0.25, -0.2) is 0 Å². The van der Waals surface area contributed by atoms with Crippen molar-refractivity contribution in [3.05, 3.63) is 31.8 Å². The van der Waals surface area contributed by atoms with Crippen molar-refractivity contribution in [3.63, 3.8) is 0 Å². The van der Waals surface area contributed by atoms with Gasteiger partial charge in [-0.2, -0.15) is 5.10 Å². The summed E-state index contributed by atoms with van der Waals surface area (Å²) < 4.78 is 8.53. The molecule has 0 aliphatic carbocycles. The Morgan fingerprint density at radius 1 is 1.61 bits per heavy atom. The lowest BCUT2D eigenvalue weighted by Crippen LogP contribution is -2.18. The number of methoxy groups -OCH3 is 1. The van der Waals surface area contributed by atoms with Gasteiger partial charge in [0, 0.05) is 6.54 Å². The zero-order chi connectivity index (χ0) is 13.1. The van der Waals surface area contributed by atoms with E-state index in [2.05, 4.69) is 46.1 Å². The highest BCUT2D eigenvalue weighted by atomic mass is 127. The van der Waals surface area contributed by atoms with E-state index in [4.69, 9.17) is 10.5 Å². The minimum Gasteiger partial charge on any atom is -0.493 e. The van der Waals surface area contributed by atoms with Crippen molar-refractivity contribution >= 4 is 33.9 Å². The summed E-state index contributed by atoms with van der Waals surface area (Å²) in [5.74, 6) is 0.761. The molecule has 2 heterocycles. The van der Waals surface area contributed by atoms with E-state index in [1.165, 1.54) is 2.88 Å². The van der Waals surface area contributed by atoms with Gasteiger partial charge in [-0.05, 0) is 46.0 Å². The van der Waals surface area contributed by atoms with Gasteiger partial charge in [0.25, 0.3) is 0 Å². The van der Waals surface area contributed by atoms with Crippen molar-refractivity contribution in [1.82, 2.24) is 9.78 Å². The number of ether oxygens (including phenoxy) is 1. The van der Waals surface area contributed by atoms with E-state index in [1.807, 2.05) is 4.68 Å². The molecule has 6 heteroatoms. The van der Waals surface area contributed by atoms with E-state index in [0.29, 0.717) is 0 Å². The number of aryl methyl sites for hydroxylation is 1. The fourth-order valence-corrected chi connectivity index (χ4v) is 3.29. The van der Waals surface area contributed by atoms with E-state index in [0.717, 1.165) is 30.0 Å². The third kappa shape index (κ3) is 2.70. The lowest BCUT2D eigenvalue weighted by molar-refractivity contribution is 0.404. The highest BCUT2D eigenvalue weighted by Crippen LogP contribution is 2.31. The van der Waals surface area contributed by atoms with Gasteiger partial charge in [0.1, 0.15) is 5.69 Å². The number of rotatable bonds is 5. The van der Waals surface area contributed by atoms with Gasteiger partial charge in [0.2, 0.25) is 0 Å².